The van der Waals surface area contributed by atoms with Crippen molar-refractivity contribution in [2.24, 2.45) is 7.05 Å². The van der Waals surface area contributed by atoms with Gasteiger partial charge in [-0.15, -0.1) is 6.58 Å². The fourth-order valence-corrected chi connectivity index (χ4v) is 1.45. The van der Waals surface area contributed by atoms with Crippen molar-refractivity contribution in [3.8, 4) is 0 Å². The molecule has 1 rings (SSSR count). The molecule has 5 nitrogen and oxygen atoms in total. The molecule has 2 N–H and O–H groups in total. The summed E-state index contributed by atoms with van der Waals surface area (Å²) in [6.07, 6.45) is 3.56. The van der Waals surface area contributed by atoms with Gasteiger partial charge in [-0.1, -0.05) is 6.08 Å². The van der Waals surface area contributed by atoms with E-state index >= 15 is 0 Å². The fourth-order valence-electron chi connectivity index (χ4n) is 1.45. The molecule has 1 atom stereocenters. The van der Waals surface area contributed by atoms with Crippen LogP contribution in [-0.2, 0) is 7.05 Å². The second kappa shape index (κ2) is 4.16. The number of aryl methyl sites for hydroxylation is 1. The van der Waals surface area contributed by atoms with Crippen LogP contribution in [0.2, 0.25) is 0 Å². The van der Waals surface area contributed by atoms with E-state index < -0.39 is 5.56 Å². The number of nitrogen functional groups attached to an aromatic ring is 1. The van der Waals surface area contributed by atoms with Crippen molar-refractivity contribution in [2.75, 3.05) is 5.73 Å². The number of aromatic nitrogens is 2. The highest BCUT2D eigenvalue weighted by atomic mass is 16.2. The highest BCUT2D eigenvalue weighted by Crippen LogP contribution is 2.05. The van der Waals surface area contributed by atoms with Crippen LogP contribution >= 0.6 is 0 Å². The minimum atomic E-state index is -0.438. The van der Waals surface area contributed by atoms with E-state index in [2.05, 4.69) is 6.58 Å². The van der Waals surface area contributed by atoms with Gasteiger partial charge in [-0.3, -0.25) is 9.36 Å². The number of hydrogen-bond acceptors (Lipinski definition) is 3. The van der Waals surface area contributed by atoms with Crippen LogP contribution in [0.5, 0.6) is 0 Å². The third kappa shape index (κ3) is 2.01. The fraction of sp³-hybridized carbons (Fsp3) is 0.400. The van der Waals surface area contributed by atoms with Gasteiger partial charge < -0.3 is 10.3 Å². The van der Waals surface area contributed by atoms with Gasteiger partial charge in [0.1, 0.15) is 5.69 Å². The monoisotopic (exact) mass is 209 g/mol. The zero-order valence-electron chi connectivity index (χ0n) is 8.93. The Labute approximate surface area is 87.5 Å². The molecule has 0 aliphatic heterocycles. The highest BCUT2D eigenvalue weighted by Gasteiger charge is 2.12. The Morgan fingerprint density at radius 3 is 2.73 bits per heavy atom. The Balaban J connectivity index is 3.46. The minimum Gasteiger partial charge on any atom is -0.393 e. The van der Waals surface area contributed by atoms with E-state index in [0.29, 0.717) is 6.42 Å². The lowest BCUT2D eigenvalue weighted by Crippen LogP contribution is -2.41. The van der Waals surface area contributed by atoms with Crippen LogP contribution in [0.15, 0.2) is 28.4 Å². The maximum absolute atomic E-state index is 11.7. The standard InChI is InChI=1S/C10H15N3O2/c1-4-5-7(2)13-9(14)8(11)6-12(3)10(13)15/h4,6-7H,1,5,11H2,2-3H3. The molecule has 15 heavy (non-hydrogen) atoms. The lowest BCUT2D eigenvalue weighted by molar-refractivity contribution is 0.492. The molecular formula is C10H15N3O2. The molecule has 1 aromatic heterocycles. The maximum atomic E-state index is 11.7. The summed E-state index contributed by atoms with van der Waals surface area (Å²) in [6.45, 7) is 5.36. The Bertz CT molecular complexity index is 450. The van der Waals surface area contributed by atoms with Gasteiger partial charge in [0.05, 0.1) is 0 Å². The SMILES string of the molecule is C=CCC(C)n1c(=O)c(N)cn(C)c1=O. The molecule has 5 heteroatoms. The van der Waals surface area contributed by atoms with Crippen LogP contribution in [0, 0.1) is 0 Å². The van der Waals surface area contributed by atoms with Gasteiger partial charge in [-0.2, -0.15) is 0 Å². The van der Waals surface area contributed by atoms with Gasteiger partial charge in [-0.25, -0.2) is 4.79 Å². The highest BCUT2D eigenvalue weighted by molar-refractivity contribution is 5.31. The van der Waals surface area contributed by atoms with Crippen LogP contribution in [0.4, 0.5) is 5.69 Å². The van der Waals surface area contributed by atoms with Crippen molar-refractivity contribution >= 4 is 5.69 Å². The third-order valence-corrected chi connectivity index (χ3v) is 2.25. The summed E-state index contributed by atoms with van der Waals surface area (Å²) in [4.78, 5) is 23.3. The van der Waals surface area contributed by atoms with Crippen LogP contribution in [0.25, 0.3) is 0 Å². The lowest BCUT2D eigenvalue weighted by Gasteiger charge is -2.13. The summed E-state index contributed by atoms with van der Waals surface area (Å²) in [5.74, 6) is 0. The second-order valence-electron chi connectivity index (χ2n) is 3.53. The summed E-state index contributed by atoms with van der Waals surface area (Å²) in [5.41, 5.74) is 4.79. The van der Waals surface area contributed by atoms with Gasteiger partial charge in [0.15, 0.2) is 0 Å². The second-order valence-corrected chi connectivity index (χ2v) is 3.53. The van der Waals surface area contributed by atoms with Crippen molar-refractivity contribution < 1.29 is 0 Å². The van der Waals surface area contributed by atoms with Crippen molar-refractivity contribution in [3.63, 3.8) is 0 Å². The van der Waals surface area contributed by atoms with Crippen molar-refractivity contribution in [3.05, 3.63) is 39.7 Å². The smallest absolute Gasteiger partial charge is 0.331 e. The molecule has 1 aromatic rings. The van der Waals surface area contributed by atoms with Crippen LogP contribution in [0.3, 0.4) is 0 Å². The maximum Gasteiger partial charge on any atom is 0.331 e. The van der Waals surface area contributed by atoms with E-state index in [1.165, 1.54) is 10.8 Å². The van der Waals surface area contributed by atoms with E-state index in [9.17, 15) is 9.59 Å². The summed E-state index contributed by atoms with van der Waals surface area (Å²) < 4.78 is 2.45. The number of rotatable bonds is 3. The minimum absolute atomic E-state index is 0.0769. The molecule has 0 saturated heterocycles. The number of nitrogens with zero attached hydrogens (tertiary/aromatic N) is 2. The Hall–Kier alpha value is -1.78. The van der Waals surface area contributed by atoms with Crippen molar-refractivity contribution in [1.29, 1.82) is 0 Å². The van der Waals surface area contributed by atoms with Crippen LogP contribution in [0.1, 0.15) is 19.4 Å². The first-order valence-corrected chi connectivity index (χ1v) is 4.67. The van der Waals surface area contributed by atoms with Crippen LogP contribution in [-0.4, -0.2) is 9.13 Å². The summed E-state index contributed by atoms with van der Waals surface area (Å²) in [7, 11) is 1.56. The molecule has 0 spiro atoms. The molecule has 0 aromatic carbocycles. The first-order chi connectivity index (χ1) is 6.99. The van der Waals surface area contributed by atoms with Gasteiger partial charge in [0, 0.05) is 19.3 Å². The average Bonchev–Trinajstić information content (AvgIpc) is 2.16. The largest absolute Gasteiger partial charge is 0.393 e. The quantitative estimate of drug-likeness (QED) is 0.726. The average molecular weight is 209 g/mol. The van der Waals surface area contributed by atoms with Crippen molar-refractivity contribution in [1.82, 2.24) is 9.13 Å². The molecule has 0 fully saturated rings. The molecule has 82 valence electrons. The van der Waals surface area contributed by atoms with E-state index in [1.54, 1.807) is 20.0 Å². The van der Waals surface area contributed by atoms with Gasteiger partial charge in [0.2, 0.25) is 0 Å². The molecule has 0 aliphatic carbocycles. The first kappa shape index (κ1) is 11.3. The zero-order chi connectivity index (χ0) is 11.6. The molecule has 0 aliphatic rings. The van der Waals surface area contributed by atoms with E-state index in [4.69, 9.17) is 5.73 Å². The van der Waals surface area contributed by atoms with E-state index in [-0.39, 0.29) is 17.4 Å². The molecule has 0 saturated carbocycles. The molecule has 0 amide bonds. The van der Waals surface area contributed by atoms with Crippen molar-refractivity contribution in [2.45, 2.75) is 19.4 Å². The Kier molecular flexibility index (Phi) is 3.14. The van der Waals surface area contributed by atoms with E-state index in [1.807, 2.05) is 0 Å². The lowest BCUT2D eigenvalue weighted by atomic mass is 10.2. The summed E-state index contributed by atoms with van der Waals surface area (Å²) >= 11 is 0. The van der Waals surface area contributed by atoms with E-state index in [0.717, 1.165) is 4.57 Å². The molecule has 1 heterocycles. The summed E-state index contributed by atoms with van der Waals surface area (Å²) in [6, 6.07) is -0.225. The van der Waals surface area contributed by atoms with Gasteiger partial charge in [-0.05, 0) is 13.3 Å². The number of hydrogen-bond donors (Lipinski definition) is 1. The normalized spacial score (nSPS) is 12.4. The zero-order valence-corrected chi connectivity index (χ0v) is 8.93. The predicted octanol–water partition coefficient (Wildman–Crippen LogP) is 0.266. The number of anilines is 1. The molecule has 0 bridgehead atoms. The molecular weight excluding hydrogens is 194 g/mol. The number of nitrogens with two attached hydrogens (primary N) is 1. The molecule has 1 unspecified atom stereocenters. The Morgan fingerprint density at radius 2 is 2.20 bits per heavy atom. The van der Waals surface area contributed by atoms with Gasteiger partial charge in [0.25, 0.3) is 5.56 Å². The topological polar surface area (TPSA) is 70.0 Å². The van der Waals surface area contributed by atoms with Gasteiger partial charge >= 0.3 is 5.69 Å². The number of allylic oxidation sites excluding steroid dienone is 1. The Morgan fingerprint density at radius 1 is 1.60 bits per heavy atom. The predicted molar refractivity (Wildman–Crippen MR) is 59.9 cm³/mol. The third-order valence-electron chi connectivity index (χ3n) is 2.25. The van der Waals surface area contributed by atoms with Crippen LogP contribution < -0.4 is 17.0 Å². The summed E-state index contributed by atoms with van der Waals surface area (Å²) in [5, 5.41) is 0. The molecule has 0 radical (unpaired) electrons. The first-order valence-electron chi connectivity index (χ1n) is 4.67.